The Balaban J connectivity index is 1.89. The quantitative estimate of drug-likeness (QED) is 0.863. The second-order valence-corrected chi connectivity index (χ2v) is 7.40. The van der Waals surface area contributed by atoms with Crippen LogP contribution in [0.4, 0.5) is 0 Å². The van der Waals surface area contributed by atoms with Crippen LogP contribution in [-0.4, -0.2) is 16.1 Å². The molecule has 4 heteroatoms. The van der Waals surface area contributed by atoms with E-state index < -0.39 is 0 Å². The highest BCUT2D eigenvalue weighted by molar-refractivity contribution is 6.31. The van der Waals surface area contributed by atoms with Crippen molar-refractivity contribution in [2.24, 2.45) is 11.1 Å². The summed E-state index contributed by atoms with van der Waals surface area (Å²) in [6, 6.07) is 6.64. The number of nitrogens with two attached hydrogens (primary N) is 1. The van der Waals surface area contributed by atoms with Gasteiger partial charge in [0.1, 0.15) is 5.82 Å². The van der Waals surface area contributed by atoms with Gasteiger partial charge in [0, 0.05) is 17.5 Å². The Kier molecular flexibility index (Phi) is 3.98. The number of rotatable bonds is 6. The lowest BCUT2D eigenvalue weighted by atomic mass is 9.84. The van der Waals surface area contributed by atoms with Gasteiger partial charge in [-0.25, -0.2) is 4.98 Å². The molecule has 0 spiro atoms. The van der Waals surface area contributed by atoms with Gasteiger partial charge in [-0.1, -0.05) is 25.4 Å². The van der Waals surface area contributed by atoms with Crippen molar-refractivity contribution in [3.05, 3.63) is 29.0 Å². The average molecular weight is 306 g/mol. The summed E-state index contributed by atoms with van der Waals surface area (Å²) in [6.07, 6.45) is 5.71. The Bertz CT molecular complexity index is 641. The molecular formula is C17H24ClN3. The molecule has 21 heavy (non-hydrogen) atoms. The van der Waals surface area contributed by atoms with Gasteiger partial charge in [0.15, 0.2) is 0 Å². The van der Waals surface area contributed by atoms with Crippen LogP contribution < -0.4 is 5.73 Å². The van der Waals surface area contributed by atoms with E-state index in [2.05, 4.69) is 24.5 Å². The number of benzene rings is 1. The van der Waals surface area contributed by atoms with Crippen LogP contribution in [0.2, 0.25) is 5.02 Å². The predicted octanol–water partition coefficient (Wildman–Crippen LogP) is 4.33. The summed E-state index contributed by atoms with van der Waals surface area (Å²) in [5.41, 5.74) is 8.25. The van der Waals surface area contributed by atoms with Crippen LogP contribution in [0.5, 0.6) is 0 Å². The topological polar surface area (TPSA) is 43.8 Å². The lowest BCUT2D eigenvalue weighted by Crippen LogP contribution is -2.18. The van der Waals surface area contributed by atoms with Gasteiger partial charge >= 0.3 is 0 Å². The Morgan fingerprint density at radius 3 is 2.76 bits per heavy atom. The molecule has 1 fully saturated rings. The first kappa shape index (κ1) is 14.9. The third-order valence-corrected chi connectivity index (χ3v) is 4.72. The molecule has 2 N–H and O–H groups in total. The van der Waals surface area contributed by atoms with Crippen LogP contribution in [-0.2, 0) is 6.42 Å². The Morgan fingerprint density at radius 1 is 1.33 bits per heavy atom. The second-order valence-electron chi connectivity index (χ2n) is 6.97. The molecule has 0 radical (unpaired) electrons. The van der Waals surface area contributed by atoms with Crippen molar-refractivity contribution in [1.82, 2.24) is 9.55 Å². The molecule has 0 aliphatic heterocycles. The van der Waals surface area contributed by atoms with Crippen molar-refractivity contribution in [2.75, 3.05) is 6.54 Å². The molecule has 0 unspecified atom stereocenters. The first-order valence-corrected chi connectivity index (χ1v) is 8.24. The van der Waals surface area contributed by atoms with Gasteiger partial charge in [-0.15, -0.1) is 0 Å². The fourth-order valence-corrected chi connectivity index (χ4v) is 3.16. The molecule has 0 atom stereocenters. The van der Waals surface area contributed by atoms with Crippen LogP contribution in [0.25, 0.3) is 11.0 Å². The number of nitrogens with zero attached hydrogens (tertiary/aromatic N) is 2. The Hall–Kier alpha value is -1.06. The van der Waals surface area contributed by atoms with Crippen LogP contribution >= 0.6 is 11.6 Å². The smallest absolute Gasteiger partial charge is 0.110 e. The first-order chi connectivity index (χ1) is 10.00. The highest BCUT2D eigenvalue weighted by Gasteiger charge is 2.29. The molecule has 3 nitrogen and oxygen atoms in total. The summed E-state index contributed by atoms with van der Waals surface area (Å²) < 4.78 is 2.42. The summed E-state index contributed by atoms with van der Waals surface area (Å²) in [6.45, 7) is 5.34. The Labute approximate surface area is 131 Å². The third-order valence-electron chi connectivity index (χ3n) is 4.48. The zero-order valence-electron chi connectivity index (χ0n) is 12.9. The maximum Gasteiger partial charge on any atom is 0.110 e. The molecule has 0 bridgehead atoms. The normalized spacial score (nSPS) is 15.8. The number of aromatic nitrogens is 2. The third kappa shape index (κ3) is 3.24. The van der Waals surface area contributed by atoms with Gasteiger partial charge in [0.05, 0.1) is 11.0 Å². The Morgan fingerprint density at radius 2 is 2.10 bits per heavy atom. The number of hydrogen-bond donors (Lipinski definition) is 1. The molecule has 0 amide bonds. The highest BCUT2D eigenvalue weighted by atomic mass is 35.5. The van der Waals surface area contributed by atoms with Gasteiger partial charge in [-0.3, -0.25) is 0 Å². The number of fused-ring (bicyclic) bond motifs is 1. The number of aryl methyl sites for hydroxylation is 1. The molecule has 1 saturated carbocycles. The van der Waals surface area contributed by atoms with E-state index >= 15 is 0 Å². The zero-order chi connectivity index (χ0) is 15.0. The maximum absolute atomic E-state index is 6.16. The monoisotopic (exact) mass is 305 g/mol. The van der Waals surface area contributed by atoms with Crippen LogP contribution in [0, 0.1) is 5.41 Å². The highest BCUT2D eigenvalue weighted by Crippen LogP contribution is 2.40. The van der Waals surface area contributed by atoms with E-state index in [1.165, 1.54) is 24.2 Å². The molecule has 0 saturated heterocycles. The standard InChI is InChI=1S/C17H24ClN3/c1-17(2,9-10-19)8-7-16-20-14-6-3-12(18)11-15(14)21(16)13-4-5-13/h3,6,11,13H,4-5,7-10,19H2,1-2H3. The number of hydrogen-bond acceptors (Lipinski definition) is 2. The van der Waals surface area contributed by atoms with Gasteiger partial charge in [0.25, 0.3) is 0 Å². The van der Waals surface area contributed by atoms with E-state index in [4.69, 9.17) is 22.3 Å². The fourth-order valence-electron chi connectivity index (χ4n) is 3.00. The van der Waals surface area contributed by atoms with E-state index in [1.54, 1.807) is 0 Å². The summed E-state index contributed by atoms with van der Waals surface area (Å²) in [4.78, 5) is 4.85. The molecule has 1 aromatic heterocycles. The SMILES string of the molecule is CC(C)(CCN)CCc1nc2ccc(Cl)cc2n1C1CC1. The number of halogens is 1. The molecular weight excluding hydrogens is 282 g/mol. The van der Waals surface area contributed by atoms with Crippen molar-refractivity contribution in [2.45, 2.75) is 52.0 Å². The molecule has 1 heterocycles. The van der Waals surface area contributed by atoms with E-state index in [1.807, 2.05) is 12.1 Å². The van der Waals surface area contributed by atoms with Crippen molar-refractivity contribution < 1.29 is 0 Å². The van der Waals surface area contributed by atoms with Crippen LogP contribution in [0.3, 0.4) is 0 Å². The maximum atomic E-state index is 6.16. The van der Waals surface area contributed by atoms with Crippen LogP contribution in [0.1, 0.15) is 51.4 Å². The summed E-state index contributed by atoms with van der Waals surface area (Å²) in [7, 11) is 0. The molecule has 114 valence electrons. The van der Waals surface area contributed by atoms with Crippen molar-refractivity contribution >= 4 is 22.6 Å². The summed E-state index contributed by atoms with van der Waals surface area (Å²) in [5.74, 6) is 1.21. The second kappa shape index (κ2) is 5.62. The van der Waals surface area contributed by atoms with Gasteiger partial charge in [0.2, 0.25) is 0 Å². The van der Waals surface area contributed by atoms with Crippen molar-refractivity contribution in [1.29, 1.82) is 0 Å². The van der Waals surface area contributed by atoms with Gasteiger partial charge in [-0.2, -0.15) is 0 Å². The minimum Gasteiger partial charge on any atom is -0.330 e. The molecule has 1 aliphatic carbocycles. The summed E-state index contributed by atoms with van der Waals surface area (Å²) in [5, 5.41) is 0.791. The minimum absolute atomic E-state index is 0.277. The van der Waals surface area contributed by atoms with Crippen molar-refractivity contribution in [3.63, 3.8) is 0 Å². The zero-order valence-corrected chi connectivity index (χ0v) is 13.7. The van der Waals surface area contributed by atoms with Gasteiger partial charge in [-0.05, 0) is 55.8 Å². The van der Waals surface area contributed by atoms with E-state index in [-0.39, 0.29) is 5.41 Å². The summed E-state index contributed by atoms with van der Waals surface area (Å²) >= 11 is 6.16. The number of imidazole rings is 1. The van der Waals surface area contributed by atoms with E-state index in [0.717, 1.165) is 36.3 Å². The van der Waals surface area contributed by atoms with E-state index in [0.29, 0.717) is 6.04 Å². The molecule has 3 rings (SSSR count). The molecule has 1 aromatic carbocycles. The average Bonchev–Trinajstić information content (AvgIpc) is 3.18. The van der Waals surface area contributed by atoms with Gasteiger partial charge < -0.3 is 10.3 Å². The van der Waals surface area contributed by atoms with E-state index in [9.17, 15) is 0 Å². The fraction of sp³-hybridized carbons (Fsp3) is 0.588. The first-order valence-electron chi connectivity index (χ1n) is 7.87. The predicted molar refractivity (Wildman–Crippen MR) is 88.8 cm³/mol. The molecule has 1 aliphatic rings. The minimum atomic E-state index is 0.277. The van der Waals surface area contributed by atoms with Crippen molar-refractivity contribution in [3.8, 4) is 0 Å². The lowest BCUT2D eigenvalue weighted by molar-refractivity contribution is 0.309. The van der Waals surface area contributed by atoms with Crippen LogP contribution in [0.15, 0.2) is 18.2 Å². The largest absolute Gasteiger partial charge is 0.330 e. The molecule has 2 aromatic rings. The lowest BCUT2D eigenvalue weighted by Gasteiger charge is -2.23.